The third-order valence-electron chi connectivity index (χ3n) is 2.10. The van der Waals surface area contributed by atoms with Crippen molar-refractivity contribution in [3.05, 3.63) is 41.0 Å². The Bertz CT molecular complexity index is 462. The van der Waals surface area contributed by atoms with Gasteiger partial charge < -0.3 is 5.73 Å². The molecule has 2 rings (SSSR count). The van der Waals surface area contributed by atoms with Crippen LogP contribution in [0.1, 0.15) is 5.56 Å². The Morgan fingerprint density at radius 1 is 1.36 bits per heavy atom. The highest BCUT2D eigenvalue weighted by molar-refractivity contribution is 6.31. The molecule has 0 atom stereocenters. The van der Waals surface area contributed by atoms with Gasteiger partial charge in [-0.05, 0) is 24.6 Å². The second kappa shape index (κ2) is 3.35. The summed E-state index contributed by atoms with van der Waals surface area (Å²) in [6.45, 7) is 1.95. The highest BCUT2D eigenvalue weighted by atomic mass is 35.5. The van der Waals surface area contributed by atoms with E-state index in [4.69, 9.17) is 17.3 Å². The lowest BCUT2D eigenvalue weighted by Gasteiger charge is -2.06. The molecule has 0 unspecified atom stereocenters. The van der Waals surface area contributed by atoms with Crippen molar-refractivity contribution in [1.82, 2.24) is 9.78 Å². The number of nitrogen functional groups attached to an aromatic ring is 1. The van der Waals surface area contributed by atoms with Gasteiger partial charge in [0.15, 0.2) is 0 Å². The fourth-order valence-electron chi connectivity index (χ4n) is 1.32. The number of nitrogens with zero attached hydrogens (tertiary/aromatic N) is 2. The van der Waals surface area contributed by atoms with Crippen LogP contribution in [0, 0.1) is 6.92 Å². The molecule has 0 amide bonds. The van der Waals surface area contributed by atoms with Crippen molar-refractivity contribution in [2.45, 2.75) is 6.92 Å². The van der Waals surface area contributed by atoms with Gasteiger partial charge in [-0.3, -0.25) is 0 Å². The molecule has 0 fully saturated rings. The van der Waals surface area contributed by atoms with Crippen molar-refractivity contribution in [3.8, 4) is 5.69 Å². The smallest absolute Gasteiger partial charge is 0.145 e. The van der Waals surface area contributed by atoms with Crippen molar-refractivity contribution in [1.29, 1.82) is 0 Å². The van der Waals surface area contributed by atoms with Crippen LogP contribution in [0.15, 0.2) is 30.5 Å². The molecule has 1 heterocycles. The molecular weight excluding hydrogens is 198 g/mol. The Morgan fingerprint density at radius 2 is 2.14 bits per heavy atom. The first kappa shape index (κ1) is 9.09. The van der Waals surface area contributed by atoms with Crippen molar-refractivity contribution >= 4 is 17.4 Å². The molecule has 0 bridgehead atoms. The van der Waals surface area contributed by atoms with Crippen LogP contribution in [0.5, 0.6) is 0 Å². The normalized spacial score (nSPS) is 10.4. The lowest BCUT2D eigenvalue weighted by Crippen LogP contribution is -1.98. The third-order valence-corrected chi connectivity index (χ3v) is 2.51. The molecule has 2 aromatic rings. The fraction of sp³-hybridized carbons (Fsp3) is 0.100. The summed E-state index contributed by atoms with van der Waals surface area (Å²) in [5, 5.41) is 4.85. The van der Waals surface area contributed by atoms with Gasteiger partial charge in [-0.1, -0.05) is 17.7 Å². The van der Waals surface area contributed by atoms with Crippen molar-refractivity contribution in [2.24, 2.45) is 0 Å². The SMILES string of the molecule is Cc1c(Cl)cccc1-n1ccc(N)n1. The first-order valence-corrected chi connectivity index (χ1v) is 4.63. The van der Waals surface area contributed by atoms with Crippen molar-refractivity contribution in [3.63, 3.8) is 0 Å². The molecule has 0 spiro atoms. The number of halogens is 1. The number of anilines is 1. The van der Waals surface area contributed by atoms with E-state index in [-0.39, 0.29) is 0 Å². The maximum atomic E-state index is 6.00. The predicted octanol–water partition coefficient (Wildman–Crippen LogP) is 2.42. The van der Waals surface area contributed by atoms with E-state index in [1.165, 1.54) is 0 Å². The summed E-state index contributed by atoms with van der Waals surface area (Å²) in [5.41, 5.74) is 7.49. The van der Waals surface area contributed by atoms with Gasteiger partial charge in [0.25, 0.3) is 0 Å². The Labute approximate surface area is 87.1 Å². The van der Waals surface area contributed by atoms with Crippen LogP contribution in [0.25, 0.3) is 5.69 Å². The largest absolute Gasteiger partial charge is 0.382 e. The maximum Gasteiger partial charge on any atom is 0.145 e. The van der Waals surface area contributed by atoms with E-state index in [9.17, 15) is 0 Å². The summed E-state index contributed by atoms with van der Waals surface area (Å²) in [6, 6.07) is 7.45. The lowest BCUT2D eigenvalue weighted by molar-refractivity contribution is 0.878. The maximum absolute atomic E-state index is 6.00. The van der Waals surface area contributed by atoms with Gasteiger partial charge in [-0.25, -0.2) is 4.68 Å². The Kier molecular flexibility index (Phi) is 2.17. The number of aromatic nitrogens is 2. The van der Waals surface area contributed by atoms with Crippen LogP contribution in [0.4, 0.5) is 5.82 Å². The van der Waals surface area contributed by atoms with E-state index in [0.717, 1.165) is 16.3 Å². The van der Waals surface area contributed by atoms with Crippen LogP contribution in [-0.2, 0) is 0 Å². The highest BCUT2D eigenvalue weighted by Crippen LogP contribution is 2.21. The molecule has 2 N–H and O–H groups in total. The molecule has 1 aromatic carbocycles. The standard InChI is InChI=1S/C10H10ClN3/c1-7-8(11)3-2-4-9(7)14-6-5-10(12)13-14/h2-6H,1H3,(H2,12,13). The first-order chi connectivity index (χ1) is 6.68. The average Bonchev–Trinajstić information content (AvgIpc) is 2.57. The molecule has 3 nitrogen and oxygen atoms in total. The van der Waals surface area contributed by atoms with E-state index >= 15 is 0 Å². The number of benzene rings is 1. The quantitative estimate of drug-likeness (QED) is 0.781. The van der Waals surface area contributed by atoms with E-state index in [0.29, 0.717) is 5.82 Å². The van der Waals surface area contributed by atoms with E-state index in [2.05, 4.69) is 5.10 Å². The lowest BCUT2D eigenvalue weighted by atomic mass is 10.2. The van der Waals surface area contributed by atoms with Crippen LogP contribution in [-0.4, -0.2) is 9.78 Å². The van der Waals surface area contributed by atoms with Crippen molar-refractivity contribution in [2.75, 3.05) is 5.73 Å². The molecule has 0 aliphatic rings. The molecule has 0 aliphatic heterocycles. The number of rotatable bonds is 1. The topological polar surface area (TPSA) is 43.8 Å². The average molecular weight is 208 g/mol. The third kappa shape index (κ3) is 1.46. The van der Waals surface area contributed by atoms with Gasteiger partial charge >= 0.3 is 0 Å². The number of hydrogen-bond donors (Lipinski definition) is 1. The molecule has 72 valence electrons. The second-order valence-electron chi connectivity index (χ2n) is 3.07. The minimum atomic E-state index is 0.504. The summed E-state index contributed by atoms with van der Waals surface area (Å²) < 4.78 is 1.72. The van der Waals surface area contributed by atoms with Gasteiger partial charge in [-0.15, -0.1) is 0 Å². The molecule has 14 heavy (non-hydrogen) atoms. The van der Waals surface area contributed by atoms with Gasteiger partial charge in [-0.2, -0.15) is 5.10 Å². The van der Waals surface area contributed by atoms with Crippen molar-refractivity contribution < 1.29 is 0 Å². The molecule has 0 saturated carbocycles. The molecular formula is C10H10ClN3. The van der Waals surface area contributed by atoms with Gasteiger partial charge in [0.2, 0.25) is 0 Å². The van der Waals surface area contributed by atoms with E-state index in [1.54, 1.807) is 10.7 Å². The molecule has 0 aliphatic carbocycles. The Morgan fingerprint density at radius 3 is 2.79 bits per heavy atom. The van der Waals surface area contributed by atoms with Crippen LogP contribution < -0.4 is 5.73 Å². The zero-order valence-electron chi connectivity index (χ0n) is 7.74. The minimum Gasteiger partial charge on any atom is -0.382 e. The molecule has 1 aromatic heterocycles. The molecule has 0 saturated heterocycles. The summed E-state index contributed by atoms with van der Waals surface area (Å²) in [6.07, 6.45) is 1.81. The van der Waals surface area contributed by atoms with Gasteiger partial charge in [0.1, 0.15) is 5.82 Å². The fourth-order valence-corrected chi connectivity index (χ4v) is 1.49. The van der Waals surface area contributed by atoms with Gasteiger partial charge in [0, 0.05) is 17.3 Å². The summed E-state index contributed by atoms with van der Waals surface area (Å²) in [5.74, 6) is 0.504. The van der Waals surface area contributed by atoms with Crippen LogP contribution >= 0.6 is 11.6 Å². The predicted molar refractivity (Wildman–Crippen MR) is 57.7 cm³/mol. The zero-order valence-corrected chi connectivity index (χ0v) is 8.49. The summed E-state index contributed by atoms with van der Waals surface area (Å²) >= 11 is 6.00. The molecule has 0 radical (unpaired) electrons. The van der Waals surface area contributed by atoms with E-state index in [1.807, 2.05) is 31.3 Å². The summed E-state index contributed by atoms with van der Waals surface area (Å²) in [4.78, 5) is 0. The van der Waals surface area contributed by atoms with E-state index < -0.39 is 0 Å². The van der Waals surface area contributed by atoms with Crippen LogP contribution in [0.2, 0.25) is 5.02 Å². The Balaban J connectivity index is 2.57. The minimum absolute atomic E-state index is 0.504. The Hall–Kier alpha value is -1.48. The zero-order chi connectivity index (χ0) is 10.1. The van der Waals surface area contributed by atoms with Crippen LogP contribution in [0.3, 0.4) is 0 Å². The first-order valence-electron chi connectivity index (χ1n) is 4.25. The highest BCUT2D eigenvalue weighted by Gasteiger charge is 2.04. The summed E-state index contributed by atoms with van der Waals surface area (Å²) in [7, 11) is 0. The molecule has 4 heteroatoms. The van der Waals surface area contributed by atoms with Gasteiger partial charge in [0.05, 0.1) is 5.69 Å². The second-order valence-corrected chi connectivity index (χ2v) is 3.48. The number of hydrogen-bond acceptors (Lipinski definition) is 2. The monoisotopic (exact) mass is 207 g/mol. The number of nitrogens with two attached hydrogens (primary N) is 1.